The van der Waals surface area contributed by atoms with Gasteiger partial charge in [0.2, 0.25) is 5.88 Å². The Balaban J connectivity index is 1.96. The van der Waals surface area contributed by atoms with Gasteiger partial charge in [0.25, 0.3) is 0 Å². The lowest BCUT2D eigenvalue weighted by molar-refractivity contribution is -0.142. The largest absolute Gasteiger partial charge is 0.481 e. The lowest BCUT2D eigenvalue weighted by Crippen LogP contribution is -2.50. The number of aliphatic carboxylic acids is 1. The molecule has 1 N–H and O–H groups in total. The van der Waals surface area contributed by atoms with Crippen LogP contribution in [0.4, 0.5) is 5.82 Å². The SMILES string of the molecule is CCCOc1cc(N2CC(C(=O)O)C2)ncn1. The molecule has 1 aliphatic heterocycles. The predicted octanol–water partition coefficient (Wildman–Crippen LogP) is 0.786. The van der Waals surface area contributed by atoms with Crippen LogP contribution in [0.25, 0.3) is 0 Å². The van der Waals surface area contributed by atoms with Crippen LogP contribution in [-0.4, -0.2) is 40.7 Å². The third kappa shape index (κ3) is 2.64. The molecule has 0 atom stereocenters. The number of carboxylic acid groups (broad SMARTS) is 1. The highest BCUT2D eigenvalue weighted by molar-refractivity contribution is 5.74. The second-order valence-electron chi connectivity index (χ2n) is 4.00. The van der Waals surface area contributed by atoms with Gasteiger partial charge in [-0.2, -0.15) is 0 Å². The smallest absolute Gasteiger partial charge is 0.310 e. The zero-order valence-electron chi connectivity index (χ0n) is 9.67. The van der Waals surface area contributed by atoms with Gasteiger partial charge in [-0.15, -0.1) is 0 Å². The summed E-state index contributed by atoms with van der Waals surface area (Å²) in [5, 5.41) is 8.78. The van der Waals surface area contributed by atoms with Crippen molar-refractivity contribution in [3.05, 3.63) is 12.4 Å². The summed E-state index contributed by atoms with van der Waals surface area (Å²) in [6.45, 7) is 3.64. The van der Waals surface area contributed by atoms with Gasteiger partial charge in [0.15, 0.2) is 0 Å². The van der Waals surface area contributed by atoms with E-state index in [1.807, 2.05) is 11.8 Å². The first-order valence-corrected chi connectivity index (χ1v) is 5.63. The van der Waals surface area contributed by atoms with Crippen molar-refractivity contribution in [1.29, 1.82) is 0 Å². The molecule has 0 radical (unpaired) electrons. The van der Waals surface area contributed by atoms with E-state index in [1.165, 1.54) is 6.33 Å². The van der Waals surface area contributed by atoms with Gasteiger partial charge in [0.1, 0.15) is 12.1 Å². The molecule has 0 aromatic carbocycles. The maximum atomic E-state index is 10.7. The fraction of sp³-hybridized carbons (Fsp3) is 0.545. The Morgan fingerprint density at radius 2 is 2.35 bits per heavy atom. The van der Waals surface area contributed by atoms with E-state index < -0.39 is 5.97 Å². The number of hydrogen-bond donors (Lipinski definition) is 1. The minimum absolute atomic E-state index is 0.287. The van der Waals surface area contributed by atoms with Crippen molar-refractivity contribution in [2.24, 2.45) is 5.92 Å². The maximum absolute atomic E-state index is 10.7. The number of anilines is 1. The van der Waals surface area contributed by atoms with E-state index >= 15 is 0 Å². The molecule has 0 saturated carbocycles. The van der Waals surface area contributed by atoms with Crippen LogP contribution in [0.5, 0.6) is 5.88 Å². The molecule has 6 heteroatoms. The van der Waals surface area contributed by atoms with E-state index in [0.29, 0.717) is 25.6 Å². The molecule has 0 aliphatic carbocycles. The molecule has 1 fully saturated rings. The van der Waals surface area contributed by atoms with E-state index in [9.17, 15) is 4.79 Å². The Bertz CT molecular complexity index is 405. The van der Waals surface area contributed by atoms with Crippen LogP contribution in [0.3, 0.4) is 0 Å². The van der Waals surface area contributed by atoms with Crippen molar-refractivity contribution in [3.8, 4) is 5.88 Å². The Morgan fingerprint density at radius 3 is 3.00 bits per heavy atom. The average Bonchev–Trinajstić information content (AvgIpc) is 2.24. The predicted molar refractivity (Wildman–Crippen MR) is 61.2 cm³/mol. The zero-order chi connectivity index (χ0) is 12.3. The summed E-state index contributed by atoms with van der Waals surface area (Å²) in [5.74, 6) is 0.224. The van der Waals surface area contributed by atoms with Crippen molar-refractivity contribution in [2.45, 2.75) is 13.3 Å². The van der Waals surface area contributed by atoms with Crippen LogP contribution < -0.4 is 9.64 Å². The summed E-state index contributed by atoms with van der Waals surface area (Å²) in [6.07, 6.45) is 2.36. The summed E-state index contributed by atoms with van der Waals surface area (Å²) in [7, 11) is 0. The number of ether oxygens (including phenoxy) is 1. The molecule has 1 saturated heterocycles. The monoisotopic (exact) mass is 237 g/mol. The first-order valence-electron chi connectivity index (χ1n) is 5.63. The third-order valence-corrected chi connectivity index (χ3v) is 2.64. The quantitative estimate of drug-likeness (QED) is 0.815. The van der Waals surface area contributed by atoms with Crippen LogP contribution in [0.15, 0.2) is 12.4 Å². The second kappa shape index (κ2) is 4.99. The first kappa shape index (κ1) is 11.6. The van der Waals surface area contributed by atoms with Crippen molar-refractivity contribution in [1.82, 2.24) is 9.97 Å². The summed E-state index contributed by atoms with van der Waals surface area (Å²) in [4.78, 5) is 20.7. The lowest BCUT2D eigenvalue weighted by atomic mass is 10.0. The molecule has 92 valence electrons. The number of hydrogen-bond acceptors (Lipinski definition) is 5. The van der Waals surface area contributed by atoms with Gasteiger partial charge >= 0.3 is 5.97 Å². The van der Waals surface area contributed by atoms with Gasteiger partial charge < -0.3 is 14.7 Å². The molecule has 1 aromatic rings. The van der Waals surface area contributed by atoms with Gasteiger partial charge in [-0.1, -0.05) is 6.92 Å². The number of nitrogens with zero attached hydrogens (tertiary/aromatic N) is 3. The van der Waals surface area contributed by atoms with Crippen molar-refractivity contribution in [2.75, 3.05) is 24.6 Å². The first-order chi connectivity index (χ1) is 8.20. The average molecular weight is 237 g/mol. The van der Waals surface area contributed by atoms with Gasteiger partial charge in [-0.25, -0.2) is 9.97 Å². The molecule has 2 rings (SSSR count). The van der Waals surface area contributed by atoms with E-state index in [1.54, 1.807) is 6.07 Å². The fourth-order valence-electron chi connectivity index (χ4n) is 1.61. The Morgan fingerprint density at radius 1 is 1.59 bits per heavy atom. The fourth-order valence-corrected chi connectivity index (χ4v) is 1.61. The minimum Gasteiger partial charge on any atom is -0.481 e. The molecule has 0 spiro atoms. The highest BCUT2D eigenvalue weighted by Gasteiger charge is 2.33. The number of carboxylic acids is 1. The van der Waals surface area contributed by atoms with E-state index in [4.69, 9.17) is 9.84 Å². The summed E-state index contributed by atoms with van der Waals surface area (Å²) >= 11 is 0. The standard InChI is InChI=1S/C11H15N3O3/c1-2-3-17-10-4-9(12-7-13-10)14-5-8(6-14)11(15)16/h4,7-8H,2-3,5-6H2,1H3,(H,15,16). The Hall–Kier alpha value is -1.85. The number of carbonyl (C=O) groups is 1. The summed E-state index contributed by atoms with van der Waals surface area (Å²) in [6, 6.07) is 1.74. The highest BCUT2D eigenvalue weighted by Crippen LogP contribution is 2.24. The van der Waals surface area contributed by atoms with E-state index in [-0.39, 0.29) is 5.92 Å². The summed E-state index contributed by atoms with van der Waals surface area (Å²) < 4.78 is 5.39. The second-order valence-corrected chi connectivity index (χ2v) is 4.00. The Labute approximate surface area is 99.2 Å². The lowest BCUT2D eigenvalue weighted by Gasteiger charge is -2.37. The molecular formula is C11H15N3O3. The van der Waals surface area contributed by atoms with Crippen LogP contribution in [-0.2, 0) is 4.79 Å². The minimum atomic E-state index is -0.752. The van der Waals surface area contributed by atoms with Crippen molar-refractivity contribution in [3.63, 3.8) is 0 Å². The van der Waals surface area contributed by atoms with Crippen LogP contribution in [0.2, 0.25) is 0 Å². The molecule has 2 heterocycles. The molecular weight excluding hydrogens is 222 g/mol. The number of rotatable bonds is 5. The molecule has 0 amide bonds. The maximum Gasteiger partial charge on any atom is 0.310 e. The highest BCUT2D eigenvalue weighted by atomic mass is 16.5. The molecule has 1 aromatic heterocycles. The third-order valence-electron chi connectivity index (χ3n) is 2.64. The van der Waals surface area contributed by atoms with E-state index in [0.717, 1.165) is 12.2 Å². The van der Waals surface area contributed by atoms with Gasteiger partial charge in [0.05, 0.1) is 12.5 Å². The molecule has 1 aliphatic rings. The Kier molecular flexibility index (Phi) is 3.41. The molecule has 17 heavy (non-hydrogen) atoms. The summed E-state index contributed by atoms with van der Waals surface area (Å²) in [5.41, 5.74) is 0. The van der Waals surface area contributed by atoms with Crippen LogP contribution in [0.1, 0.15) is 13.3 Å². The van der Waals surface area contributed by atoms with Crippen LogP contribution in [0, 0.1) is 5.92 Å². The molecule has 6 nitrogen and oxygen atoms in total. The topological polar surface area (TPSA) is 75.5 Å². The van der Waals surface area contributed by atoms with Gasteiger partial charge in [-0.05, 0) is 6.42 Å². The van der Waals surface area contributed by atoms with Crippen molar-refractivity contribution >= 4 is 11.8 Å². The number of aromatic nitrogens is 2. The molecule has 0 unspecified atom stereocenters. The van der Waals surface area contributed by atoms with E-state index in [2.05, 4.69) is 9.97 Å². The van der Waals surface area contributed by atoms with Gasteiger partial charge in [-0.3, -0.25) is 4.79 Å². The normalized spacial score (nSPS) is 15.5. The van der Waals surface area contributed by atoms with Crippen LogP contribution >= 0.6 is 0 Å². The zero-order valence-corrected chi connectivity index (χ0v) is 9.67. The van der Waals surface area contributed by atoms with Crippen molar-refractivity contribution < 1.29 is 14.6 Å². The molecule has 0 bridgehead atoms. The van der Waals surface area contributed by atoms with Gasteiger partial charge in [0, 0.05) is 19.2 Å².